The second-order valence-corrected chi connectivity index (χ2v) is 10.6. The first kappa shape index (κ1) is 14.9. The van der Waals surface area contributed by atoms with Crippen LogP contribution in [0.25, 0.3) is 0 Å². The molecular weight excluding hydrogens is 244 g/mol. The molecule has 0 unspecified atom stereocenters. The van der Waals surface area contributed by atoms with E-state index in [1.807, 2.05) is 18.2 Å². The van der Waals surface area contributed by atoms with Crippen LogP contribution < -0.4 is 4.74 Å². The highest BCUT2D eigenvalue weighted by atomic mass is 28.4. The molecular formula is C14H22O3Si. The maximum absolute atomic E-state index is 11.7. The van der Waals surface area contributed by atoms with E-state index in [1.54, 1.807) is 12.1 Å². The summed E-state index contributed by atoms with van der Waals surface area (Å²) in [6, 6.07) is 9.05. The lowest BCUT2D eigenvalue weighted by Crippen LogP contribution is -2.42. The van der Waals surface area contributed by atoms with Gasteiger partial charge in [0.1, 0.15) is 12.4 Å². The van der Waals surface area contributed by atoms with Crippen molar-refractivity contribution in [2.24, 2.45) is 0 Å². The van der Waals surface area contributed by atoms with E-state index in [4.69, 9.17) is 9.16 Å². The predicted molar refractivity (Wildman–Crippen MR) is 75.2 cm³/mol. The van der Waals surface area contributed by atoms with E-state index in [-0.39, 0.29) is 17.6 Å². The summed E-state index contributed by atoms with van der Waals surface area (Å²) in [4.78, 5) is 11.7. The van der Waals surface area contributed by atoms with Gasteiger partial charge in [0.15, 0.2) is 8.32 Å². The molecule has 0 aliphatic carbocycles. The molecule has 0 spiro atoms. The highest BCUT2D eigenvalue weighted by Gasteiger charge is 2.37. The molecule has 0 bridgehead atoms. The predicted octanol–water partition coefficient (Wildman–Crippen LogP) is 3.61. The molecule has 0 heterocycles. The SMILES string of the molecule is CC(C)(C)[Si](C)(C)OCC(=O)Oc1ccccc1. The van der Waals surface area contributed by atoms with Crippen molar-refractivity contribution < 1.29 is 14.0 Å². The van der Waals surface area contributed by atoms with E-state index in [0.29, 0.717) is 5.75 Å². The first-order chi connectivity index (χ1) is 8.22. The van der Waals surface area contributed by atoms with E-state index in [1.165, 1.54) is 0 Å². The molecule has 0 aromatic heterocycles. The minimum atomic E-state index is -1.89. The zero-order valence-electron chi connectivity index (χ0n) is 11.8. The van der Waals surface area contributed by atoms with Crippen LogP contribution >= 0.6 is 0 Å². The molecule has 0 atom stereocenters. The highest BCUT2D eigenvalue weighted by Crippen LogP contribution is 2.36. The Bertz CT molecular complexity index is 393. The Labute approximate surface area is 110 Å². The Morgan fingerprint density at radius 3 is 2.22 bits per heavy atom. The van der Waals surface area contributed by atoms with Gasteiger partial charge in [0.25, 0.3) is 0 Å². The van der Waals surface area contributed by atoms with Crippen molar-refractivity contribution in [1.29, 1.82) is 0 Å². The molecule has 18 heavy (non-hydrogen) atoms. The van der Waals surface area contributed by atoms with Gasteiger partial charge < -0.3 is 9.16 Å². The molecule has 1 aromatic carbocycles. The van der Waals surface area contributed by atoms with Gasteiger partial charge >= 0.3 is 5.97 Å². The van der Waals surface area contributed by atoms with E-state index in [2.05, 4.69) is 33.9 Å². The van der Waals surface area contributed by atoms with Gasteiger partial charge in [-0.1, -0.05) is 39.0 Å². The average molecular weight is 266 g/mol. The summed E-state index contributed by atoms with van der Waals surface area (Å²) in [5.41, 5.74) is 0. The summed E-state index contributed by atoms with van der Waals surface area (Å²) < 4.78 is 11.0. The maximum atomic E-state index is 11.7. The number of para-hydroxylation sites is 1. The summed E-state index contributed by atoms with van der Waals surface area (Å²) in [5, 5.41) is 0.0972. The molecule has 0 aliphatic rings. The Hall–Kier alpha value is -1.13. The van der Waals surface area contributed by atoms with Gasteiger partial charge in [-0.25, -0.2) is 4.79 Å². The number of esters is 1. The molecule has 0 radical (unpaired) electrons. The zero-order valence-corrected chi connectivity index (χ0v) is 12.8. The molecule has 100 valence electrons. The summed E-state index contributed by atoms with van der Waals surface area (Å²) in [6.07, 6.45) is 0. The molecule has 1 rings (SSSR count). The van der Waals surface area contributed by atoms with Crippen LogP contribution in [0.1, 0.15) is 20.8 Å². The first-order valence-corrected chi connectivity index (χ1v) is 9.03. The van der Waals surface area contributed by atoms with Gasteiger partial charge in [-0.15, -0.1) is 0 Å². The molecule has 0 amide bonds. The lowest BCUT2D eigenvalue weighted by atomic mass is 10.2. The van der Waals surface area contributed by atoms with Crippen molar-refractivity contribution in [3.8, 4) is 5.75 Å². The Balaban J connectivity index is 2.48. The lowest BCUT2D eigenvalue weighted by molar-refractivity contribution is -0.136. The fraction of sp³-hybridized carbons (Fsp3) is 0.500. The fourth-order valence-electron chi connectivity index (χ4n) is 1.11. The van der Waals surface area contributed by atoms with Gasteiger partial charge in [0, 0.05) is 0 Å². The summed E-state index contributed by atoms with van der Waals surface area (Å²) >= 11 is 0. The third kappa shape index (κ3) is 4.27. The van der Waals surface area contributed by atoms with Crippen molar-refractivity contribution in [3.05, 3.63) is 30.3 Å². The number of hydrogen-bond donors (Lipinski definition) is 0. The van der Waals surface area contributed by atoms with E-state index in [0.717, 1.165) is 0 Å². The minimum absolute atomic E-state index is 0.0192. The maximum Gasteiger partial charge on any atom is 0.336 e. The third-order valence-corrected chi connectivity index (χ3v) is 7.81. The zero-order chi connectivity index (χ0) is 13.8. The van der Waals surface area contributed by atoms with Crippen LogP contribution in [0.5, 0.6) is 5.75 Å². The van der Waals surface area contributed by atoms with Gasteiger partial charge in [-0.05, 0) is 30.3 Å². The minimum Gasteiger partial charge on any atom is -0.425 e. The number of ether oxygens (including phenoxy) is 1. The monoisotopic (exact) mass is 266 g/mol. The van der Waals surface area contributed by atoms with Gasteiger partial charge in [0.2, 0.25) is 0 Å². The van der Waals surface area contributed by atoms with Gasteiger partial charge in [0.05, 0.1) is 0 Å². The molecule has 3 nitrogen and oxygen atoms in total. The molecule has 0 N–H and O–H groups in total. The number of carbonyl (C=O) groups is 1. The van der Waals surface area contributed by atoms with Crippen LogP contribution in [0, 0.1) is 0 Å². The third-order valence-electron chi connectivity index (χ3n) is 3.33. The van der Waals surface area contributed by atoms with Crippen molar-refractivity contribution in [3.63, 3.8) is 0 Å². The number of benzene rings is 1. The quantitative estimate of drug-likeness (QED) is 0.474. The van der Waals surface area contributed by atoms with Crippen LogP contribution in [0.4, 0.5) is 0 Å². The van der Waals surface area contributed by atoms with E-state index < -0.39 is 8.32 Å². The number of carbonyl (C=O) groups excluding carboxylic acids is 1. The smallest absolute Gasteiger partial charge is 0.336 e. The lowest BCUT2D eigenvalue weighted by Gasteiger charge is -2.35. The average Bonchev–Trinajstić information content (AvgIpc) is 2.26. The molecule has 0 saturated carbocycles. The van der Waals surface area contributed by atoms with Crippen LogP contribution in [0.15, 0.2) is 30.3 Å². The van der Waals surface area contributed by atoms with Crippen molar-refractivity contribution in [1.82, 2.24) is 0 Å². The fourth-order valence-corrected chi connectivity index (χ4v) is 2.02. The van der Waals surface area contributed by atoms with Gasteiger partial charge in [-0.3, -0.25) is 0 Å². The highest BCUT2D eigenvalue weighted by molar-refractivity contribution is 6.74. The number of hydrogen-bond acceptors (Lipinski definition) is 3. The Kier molecular flexibility index (Phi) is 4.70. The molecule has 0 fully saturated rings. The molecule has 0 aliphatic heterocycles. The van der Waals surface area contributed by atoms with Crippen LogP contribution in [0.3, 0.4) is 0 Å². The molecule has 4 heteroatoms. The standard InChI is InChI=1S/C14H22O3Si/c1-14(2,3)18(4,5)16-11-13(15)17-12-9-7-6-8-10-12/h6-10H,11H2,1-5H3. The molecule has 1 aromatic rings. The first-order valence-electron chi connectivity index (χ1n) is 6.12. The van der Waals surface area contributed by atoms with Crippen LogP contribution in [-0.4, -0.2) is 20.9 Å². The van der Waals surface area contributed by atoms with Crippen LogP contribution in [0.2, 0.25) is 18.1 Å². The van der Waals surface area contributed by atoms with E-state index >= 15 is 0 Å². The Morgan fingerprint density at radius 2 is 1.72 bits per heavy atom. The topological polar surface area (TPSA) is 35.5 Å². The second-order valence-electron chi connectivity index (χ2n) is 5.84. The van der Waals surface area contributed by atoms with Gasteiger partial charge in [-0.2, -0.15) is 0 Å². The number of rotatable bonds is 4. The van der Waals surface area contributed by atoms with Crippen molar-refractivity contribution >= 4 is 14.3 Å². The van der Waals surface area contributed by atoms with Crippen molar-refractivity contribution in [2.45, 2.75) is 38.9 Å². The second kappa shape index (κ2) is 5.67. The summed E-state index contributed by atoms with van der Waals surface area (Å²) in [5.74, 6) is 0.215. The Morgan fingerprint density at radius 1 is 1.17 bits per heavy atom. The van der Waals surface area contributed by atoms with E-state index in [9.17, 15) is 4.79 Å². The van der Waals surface area contributed by atoms with Crippen LogP contribution in [-0.2, 0) is 9.22 Å². The summed E-state index contributed by atoms with van der Waals surface area (Å²) in [7, 11) is -1.89. The summed E-state index contributed by atoms with van der Waals surface area (Å²) in [6.45, 7) is 10.7. The normalized spacial score (nSPS) is 12.3. The molecule has 0 saturated heterocycles. The largest absolute Gasteiger partial charge is 0.425 e. The van der Waals surface area contributed by atoms with Crippen molar-refractivity contribution in [2.75, 3.05) is 6.61 Å².